The minimum Gasteiger partial charge on any atom is -0.355 e. The van der Waals surface area contributed by atoms with E-state index in [4.69, 9.17) is 0 Å². The predicted octanol–water partition coefficient (Wildman–Crippen LogP) is 0.637. The van der Waals surface area contributed by atoms with Crippen molar-refractivity contribution in [3.8, 4) is 0 Å². The van der Waals surface area contributed by atoms with Crippen LogP contribution in [0.25, 0.3) is 0 Å². The van der Waals surface area contributed by atoms with E-state index in [1.165, 1.54) is 45.1 Å². The summed E-state index contributed by atoms with van der Waals surface area (Å²) in [6.07, 6.45) is 9.94. The van der Waals surface area contributed by atoms with Crippen LogP contribution >= 0.6 is 0 Å². The maximum absolute atomic E-state index is 12.3. The summed E-state index contributed by atoms with van der Waals surface area (Å²) in [7, 11) is 0. The lowest BCUT2D eigenvalue weighted by atomic mass is 9.73. The molecule has 0 saturated carbocycles. The van der Waals surface area contributed by atoms with Gasteiger partial charge in [-0.1, -0.05) is 6.42 Å². The molecule has 4 heterocycles. The molecule has 4 atom stereocenters. The van der Waals surface area contributed by atoms with Gasteiger partial charge in [-0.25, -0.2) is 4.98 Å². The van der Waals surface area contributed by atoms with E-state index < -0.39 is 0 Å². The lowest BCUT2D eigenvalue weighted by molar-refractivity contribution is -0.122. The normalized spacial score (nSPS) is 32.2. The number of hydrogen-bond donors (Lipinski definition) is 2. The van der Waals surface area contributed by atoms with E-state index >= 15 is 0 Å². The summed E-state index contributed by atoms with van der Waals surface area (Å²) in [4.78, 5) is 18.9. The molecule has 3 aliphatic rings. The van der Waals surface area contributed by atoms with Crippen LogP contribution in [0.4, 0.5) is 0 Å². The molecule has 0 radical (unpaired) electrons. The van der Waals surface area contributed by atoms with Crippen LogP contribution in [-0.4, -0.2) is 63.8 Å². The van der Waals surface area contributed by atoms with E-state index in [-0.39, 0.29) is 5.91 Å². The molecule has 3 aliphatic heterocycles. The van der Waals surface area contributed by atoms with Crippen LogP contribution in [-0.2, 0) is 11.3 Å². The minimum absolute atomic E-state index is 0.166. The molecule has 1 aromatic heterocycles. The largest absolute Gasteiger partial charge is 0.355 e. The number of carbonyl (C=O) groups is 1. The highest BCUT2D eigenvalue weighted by Crippen LogP contribution is 2.38. The van der Waals surface area contributed by atoms with Gasteiger partial charge in [-0.05, 0) is 57.2 Å². The SMILES string of the molecule is O=C(CCCn1cncn1)NC[C@H]1[C@@H]2CNC[C@@H](C2)[C@@H]2CCCCN21. The van der Waals surface area contributed by atoms with Crippen LogP contribution in [0.1, 0.15) is 38.5 Å². The monoisotopic (exact) mass is 346 g/mol. The van der Waals surface area contributed by atoms with Gasteiger partial charge in [0.25, 0.3) is 0 Å². The fourth-order valence-corrected chi connectivity index (χ4v) is 5.10. The molecule has 138 valence electrons. The second-order valence-electron chi connectivity index (χ2n) is 7.85. The van der Waals surface area contributed by atoms with Crippen molar-refractivity contribution in [3.05, 3.63) is 12.7 Å². The van der Waals surface area contributed by atoms with E-state index in [2.05, 4.69) is 25.6 Å². The van der Waals surface area contributed by atoms with Gasteiger partial charge in [0.1, 0.15) is 12.7 Å². The molecule has 0 spiro atoms. The Morgan fingerprint density at radius 2 is 2.20 bits per heavy atom. The Balaban J connectivity index is 1.27. The van der Waals surface area contributed by atoms with Crippen LogP contribution in [0.15, 0.2) is 12.7 Å². The molecule has 1 amide bonds. The molecule has 0 unspecified atom stereocenters. The molecule has 2 N–H and O–H groups in total. The maximum atomic E-state index is 12.3. The van der Waals surface area contributed by atoms with Crippen LogP contribution in [0, 0.1) is 11.8 Å². The van der Waals surface area contributed by atoms with Gasteiger partial charge in [-0.15, -0.1) is 0 Å². The summed E-state index contributed by atoms with van der Waals surface area (Å²) < 4.78 is 1.78. The Bertz CT molecular complexity index is 562. The second-order valence-corrected chi connectivity index (χ2v) is 7.85. The minimum atomic E-state index is 0.166. The number of nitrogens with zero attached hydrogens (tertiary/aromatic N) is 4. The summed E-state index contributed by atoms with van der Waals surface area (Å²) in [5.41, 5.74) is 0. The third kappa shape index (κ3) is 3.87. The van der Waals surface area contributed by atoms with Crippen molar-refractivity contribution in [2.24, 2.45) is 11.8 Å². The van der Waals surface area contributed by atoms with E-state index in [1.54, 1.807) is 11.0 Å². The van der Waals surface area contributed by atoms with Gasteiger partial charge >= 0.3 is 0 Å². The predicted molar refractivity (Wildman–Crippen MR) is 94.9 cm³/mol. The molecular formula is C18H30N6O. The molecule has 0 aliphatic carbocycles. The summed E-state index contributed by atoms with van der Waals surface area (Å²) in [5, 5.41) is 10.9. The molecular weight excluding hydrogens is 316 g/mol. The molecule has 1 aromatic rings. The van der Waals surface area contributed by atoms with Crippen LogP contribution in [0.5, 0.6) is 0 Å². The fourth-order valence-electron chi connectivity index (χ4n) is 5.10. The lowest BCUT2D eigenvalue weighted by Crippen LogP contribution is -2.65. The number of nitrogens with one attached hydrogen (secondary N) is 2. The number of hydrogen-bond acceptors (Lipinski definition) is 5. The van der Waals surface area contributed by atoms with Crippen molar-refractivity contribution in [2.75, 3.05) is 26.2 Å². The molecule has 0 aromatic carbocycles. The third-order valence-corrected chi connectivity index (χ3v) is 6.29. The Morgan fingerprint density at radius 3 is 3.08 bits per heavy atom. The third-order valence-electron chi connectivity index (χ3n) is 6.29. The standard InChI is InChI=1S/C18H30N6O/c25-18(5-3-6-23-13-20-12-22-23)21-11-17-15-8-14(9-19-10-15)16-4-1-2-7-24(16)17/h12-17,19H,1-11H2,(H,21,25)/t14-,15+,16+,17+/m1/s1. The van der Waals surface area contributed by atoms with Crippen LogP contribution < -0.4 is 10.6 Å². The van der Waals surface area contributed by atoms with Gasteiger partial charge in [0.2, 0.25) is 5.91 Å². The Labute approximate surface area is 149 Å². The number of aromatic nitrogens is 3. The highest BCUT2D eigenvalue weighted by Gasteiger charge is 2.45. The second kappa shape index (κ2) is 7.83. The van der Waals surface area contributed by atoms with Gasteiger partial charge in [0.15, 0.2) is 0 Å². The number of aryl methyl sites for hydroxylation is 1. The molecule has 3 fully saturated rings. The lowest BCUT2D eigenvalue weighted by Gasteiger charge is -2.55. The molecule has 2 bridgehead atoms. The van der Waals surface area contributed by atoms with Crippen molar-refractivity contribution in [2.45, 2.75) is 57.2 Å². The number of rotatable bonds is 6. The van der Waals surface area contributed by atoms with Crippen molar-refractivity contribution < 1.29 is 4.79 Å². The maximum Gasteiger partial charge on any atom is 0.220 e. The average Bonchev–Trinajstić information content (AvgIpc) is 3.15. The zero-order valence-electron chi connectivity index (χ0n) is 14.9. The van der Waals surface area contributed by atoms with Crippen LogP contribution in [0.2, 0.25) is 0 Å². The van der Waals surface area contributed by atoms with E-state index in [1.807, 2.05) is 0 Å². The summed E-state index contributed by atoms with van der Waals surface area (Å²) in [6.45, 7) is 5.05. The number of amides is 1. The van der Waals surface area contributed by atoms with Crippen molar-refractivity contribution in [1.29, 1.82) is 0 Å². The van der Waals surface area contributed by atoms with E-state index in [0.29, 0.717) is 18.4 Å². The fraction of sp³-hybridized carbons (Fsp3) is 0.833. The number of piperidine rings is 3. The van der Waals surface area contributed by atoms with E-state index in [9.17, 15) is 4.79 Å². The van der Waals surface area contributed by atoms with Crippen molar-refractivity contribution in [1.82, 2.24) is 30.3 Å². The van der Waals surface area contributed by atoms with Gasteiger partial charge in [0, 0.05) is 31.6 Å². The summed E-state index contributed by atoms with van der Waals surface area (Å²) >= 11 is 0. The molecule has 4 rings (SSSR count). The van der Waals surface area contributed by atoms with Gasteiger partial charge in [-0.2, -0.15) is 5.10 Å². The first kappa shape index (κ1) is 17.0. The molecule has 3 saturated heterocycles. The molecule has 7 heteroatoms. The van der Waals surface area contributed by atoms with Gasteiger partial charge < -0.3 is 10.6 Å². The Morgan fingerprint density at radius 1 is 1.28 bits per heavy atom. The summed E-state index contributed by atoms with van der Waals surface area (Å²) in [6, 6.07) is 1.24. The zero-order valence-corrected chi connectivity index (χ0v) is 14.9. The van der Waals surface area contributed by atoms with Gasteiger partial charge in [-0.3, -0.25) is 14.4 Å². The number of carbonyl (C=O) groups excluding carboxylic acids is 1. The van der Waals surface area contributed by atoms with E-state index in [0.717, 1.165) is 38.0 Å². The topological polar surface area (TPSA) is 75.1 Å². The van der Waals surface area contributed by atoms with Gasteiger partial charge in [0.05, 0.1) is 0 Å². The highest BCUT2D eigenvalue weighted by molar-refractivity contribution is 5.75. The highest BCUT2D eigenvalue weighted by atomic mass is 16.1. The summed E-state index contributed by atoms with van der Waals surface area (Å²) in [5.74, 6) is 1.66. The van der Waals surface area contributed by atoms with Crippen molar-refractivity contribution in [3.63, 3.8) is 0 Å². The Kier molecular flexibility index (Phi) is 5.31. The van der Waals surface area contributed by atoms with Crippen LogP contribution in [0.3, 0.4) is 0 Å². The molecule has 25 heavy (non-hydrogen) atoms. The first-order chi connectivity index (χ1) is 12.3. The van der Waals surface area contributed by atoms with Crippen molar-refractivity contribution >= 4 is 5.91 Å². The Hall–Kier alpha value is -1.47. The molecule has 7 nitrogen and oxygen atoms in total. The number of fused-ring (bicyclic) bond motifs is 4. The first-order valence-electron chi connectivity index (χ1n) is 9.87. The quantitative estimate of drug-likeness (QED) is 0.791. The average molecular weight is 346 g/mol. The first-order valence-corrected chi connectivity index (χ1v) is 9.87. The zero-order chi connectivity index (χ0) is 17.1. The smallest absolute Gasteiger partial charge is 0.220 e.